The number of anilines is 1. The van der Waals surface area contributed by atoms with Gasteiger partial charge in [0.2, 0.25) is 0 Å². The molecule has 5 nitrogen and oxygen atoms in total. The fourth-order valence-corrected chi connectivity index (χ4v) is 3.50. The van der Waals surface area contributed by atoms with Crippen LogP contribution in [0.5, 0.6) is 0 Å². The smallest absolute Gasteiger partial charge is 0.265 e. The third-order valence-electron chi connectivity index (χ3n) is 2.63. The molecule has 1 N–H and O–H groups in total. The van der Waals surface area contributed by atoms with Crippen LogP contribution in [0.3, 0.4) is 0 Å². The number of halogens is 2. The number of aromatic nitrogens is 2. The van der Waals surface area contributed by atoms with E-state index in [9.17, 15) is 8.42 Å². The Morgan fingerprint density at radius 1 is 1.25 bits per heavy atom. The lowest BCUT2D eigenvalue weighted by Gasteiger charge is -2.07. The van der Waals surface area contributed by atoms with Crippen molar-refractivity contribution in [3.8, 4) is 0 Å². The average Bonchev–Trinajstić information content (AvgIpc) is 2.69. The minimum absolute atomic E-state index is 0.135. The van der Waals surface area contributed by atoms with Crippen LogP contribution < -0.4 is 4.72 Å². The predicted molar refractivity (Wildman–Crippen MR) is 79.9 cm³/mol. The summed E-state index contributed by atoms with van der Waals surface area (Å²) in [5, 5.41) is 4.83. The van der Waals surface area contributed by atoms with Crippen LogP contribution >= 0.6 is 23.2 Å². The normalized spacial score (nSPS) is 11.6. The van der Waals surface area contributed by atoms with Gasteiger partial charge < -0.3 is 0 Å². The lowest BCUT2D eigenvalue weighted by molar-refractivity contribution is 0.600. The highest BCUT2D eigenvalue weighted by molar-refractivity contribution is 7.92. The second-order valence-corrected chi connectivity index (χ2v) is 6.72. The van der Waals surface area contributed by atoms with E-state index in [-0.39, 0.29) is 4.90 Å². The van der Waals surface area contributed by atoms with E-state index in [1.807, 2.05) is 6.92 Å². The molecule has 1 heterocycles. The number of aryl methyl sites for hydroxylation is 2. The summed E-state index contributed by atoms with van der Waals surface area (Å²) in [6.07, 6.45) is 1.49. The molecule has 0 aliphatic heterocycles. The van der Waals surface area contributed by atoms with Gasteiger partial charge >= 0.3 is 0 Å². The van der Waals surface area contributed by atoms with E-state index in [4.69, 9.17) is 23.2 Å². The summed E-state index contributed by atoms with van der Waals surface area (Å²) in [5.41, 5.74) is 0.749. The van der Waals surface area contributed by atoms with E-state index < -0.39 is 10.0 Å². The summed E-state index contributed by atoms with van der Waals surface area (Å²) in [4.78, 5) is 0.135. The molecule has 0 spiro atoms. The van der Waals surface area contributed by atoms with Crippen molar-refractivity contribution in [1.82, 2.24) is 9.78 Å². The van der Waals surface area contributed by atoms with Crippen LogP contribution in [0.25, 0.3) is 0 Å². The van der Waals surface area contributed by atoms with E-state index in [2.05, 4.69) is 9.82 Å². The Balaban J connectivity index is 2.37. The zero-order chi connectivity index (χ0) is 14.9. The molecule has 0 fully saturated rings. The van der Waals surface area contributed by atoms with Gasteiger partial charge in [0.1, 0.15) is 4.90 Å². The molecule has 1 aromatic heterocycles. The first-order valence-electron chi connectivity index (χ1n) is 5.85. The van der Waals surface area contributed by atoms with Crippen molar-refractivity contribution in [2.45, 2.75) is 25.3 Å². The van der Waals surface area contributed by atoms with Crippen LogP contribution in [0.15, 0.2) is 29.3 Å². The van der Waals surface area contributed by atoms with Crippen molar-refractivity contribution in [3.05, 3.63) is 40.1 Å². The van der Waals surface area contributed by atoms with Crippen molar-refractivity contribution in [2.24, 2.45) is 0 Å². The van der Waals surface area contributed by atoms with Gasteiger partial charge in [-0.1, -0.05) is 23.2 Å². The SMILES string of the molecule is CCn1cc(S(=O)(=O)Nc2cc(Cl)cc(Cl)c2)c(C)n1. The van der Waals surface area contributed by atoms with Gasteiger partial charge in [0, 0.05) is 22.8 Å². The lowest BCUT2D eigenvalue weighted by Crippen LogP contribution is -2.13. The van der Waals surface area contributed by atoms with E-state index >= 15 is 0 Å². The number of hydrogen-bond donors (Lipinski definition) is 1. The first-order valence-corrected chi connectivity index (χ1v) is 8.08. The first kappa shape index (κ1) is 15.2. The number of rotatable bonds is 4. The number of nitrogens with one attached hydrogen (secondary N) is 1. The summed E-state index contributed by atoms with van der Waals surface area (Å²) < 4.78 is 28.7. The maximum absolute atomic E-state index is 12.3. The van der Waals surface area contributed by atoms with Crippen LogP contribution in [-0.4, -0.2) is 18.2 Å². The van der Waals surface area contributed by atoms with Crippen molar-refractivity contribution in [3.63, 3.8) is 0 Å². The molecule has 0 bridgehead atoms. The lowest BCUT2D eigenvalue weighted by atomic mass is 10.3. The van der Waals surface area contributed by atoms with Gasteiger partial charge in [0.15, 0.2) is 0 Å². The molecule has 2 rings (SSSR count). The Bertz CT molecular complexity index is 721. The molecule has 0 aliphatic carbocycles. The fourth-order valence-electron chi connectivity index (χ4n) is 1.75. The zero-order valence-corrected chi connectivity index (χ0v) is 13.2. The molecule has 0 amide bonds. The highest BCUT2D eigenvalue weighted by Crippen LogP contribution is 2.25. The van der Waals surface area contributed by atoms with Gasteiger partial charge in [-0.15, -0.1) is 0 Å². The van der Waals surface area contributed by atoms with E-state index in [0.29, 0.717) is 28.0 Å². The Morgan fingerprint density at radius 2 is 1.85 bits per heavy atom. The standard InChI is InChI=1S/C12H13Cl2N3O2S/c1-3-17-7-12(8(2)15-17)20(18,19)16-11-5-9(13)4-10(14)6-11/h4-7,16H,3H2,1-2H3. The number of benzene rings is 1. The Kier molecular flexibility index (Phi) is 4.27. The van der Waals surface area contributed by atoms with Gasteiger partial charge in [-0.3, -0.25) is 9.40 Å². The quantitative estimate of drug-likeness (QED) is 0.933. The van der Waals surface area contributed by atoms with Crippen molar-refractivity contribution < 1.29 is 8.42 Å². The monoisotopic (exact) mass is 333 g/mol. The minimum Gasteiger partial charge on any atom is -0.279 e. The number of nitrogens with zero attached hydrogens (tertiary/aromatic N) is 2. The first-order chi connectivity index (χ1) is 9.31. The van der Waals surface area contributed by atoms with Gasteiger partial charge in [0.25, 0.3) is 10.0 Å². The molecular formula is C12H13Cl2N3O2S. The van der Waals surface area contributed by atoms with Crippen LogP contribution in [-0.2, 0) is 16.6 Å². The van der Waals surface area contributed by atoms with E-state index in [0.717, 1.165) is 0 Å². The van der Waals surface area contributed by atoms with Gasteiger partial charge in [-0.05, 0) is 32.0 Å². The molecule has 2 aromatic rings. The van der Waals surface area contributed by atoms with Gasteiger partial charge in [0.05, 0.1) is 11.4 Å². The Morgan fingerprint density at radius 3 is 2.35 bits per heavy atom. The fraction of sp³-hybridized carbons (Fsp3) is 0.250. The third kappa shape index (κ3) is 3.26. The number of sulfonamides is 1. The average molecular weight is 334 g/mol. The molecule has 8 heteroatoms. The van der Waals surface area contributed by atoms with Crippen molar-refractivity contribution >= 4 is 38.9 Å². The zero-order valence-electron chi connectivity index (χ0n) is 10.9. The molecule has 0 aliphatic rings. The molecule has 0 radical (unpaired) electrons. The molecule has 0 saturated carbocycles. The molecule has 1 aromatic carbocycles. The van der Waals surface area contributed by atoms with E-state index in [1.165, 1.54) is 24.4 Å². The molecule has 108 valence electrons. The van der Waals surface area contributed by atoms with Crippen LogP contribution in [0.2, 0.25) is 10.0 Å². The van der Waals surface area contributed by atoms with Crippen LogP contribution in [0.1, 0.15) is 12.6 Å². The molecular weight excluding hydrogens is 321 g/mol. The van der Waals surface area contributed by atoms with Crippen molar-refractivity contribution in [1.29, 1.82) is 0 Å². The van der Waals surface area contributed by atoms with E-state index in [1.54, 1.807) is 11.6 Å². The second kappa shape index (κ2) is 5.63. The summed E-state index contributed by atoms with van der Waals surface area (Å²) in [6, 6.07) is 4.51. The maximum Gasteiger partial charge on any atom is 0.265 e. The summed E-state index contributed by atoms with van der Waals surface area (Å²) >= 11 is 11.7. The topological polar surface area (TPSA) is 64.0 Å². The summed E-state index contributed by atoms with van der Waals surface area (Å²) in [7, 11) is -3.72. The van der Waals surface area contributed by atoms with Gasteiger partial charge in [-0.2, -0.15) is 5.10 Å². The Hall–Kier alpha value is -1.24. The molecule has 0 unspecified atom stereocenters. The predicted octanol–water partition coefficient (Wildman–Crippen LogP) is 3.32. The minimum atomic E-state index is -3.72. The highest BCUT2D eigenvalue weighted by Gasteiger charge is 2.20. The molecule has 0 saturated heterocycles. The third-order valence-corrected chi connectivity index (χ3v) is 4.55. The molecule has 0 atom stereocenters. The maximum atomic E-state index is 12.3. The summed E-state index contributed by atoms with van der Waals surface area (Å²) in [6.45, 7) is 4.12. The van der Waals surface area contributed by atoms with Crippen molar-refractivity contribution in [2.75, 3.05) is 4.72 Å². The van der Waals surface area contributed by atoms with Gasteiger partial charge in [-0.25, -0.2) is 8.42 Å². The Labute approximate surface area is 127 Å². The highest BCUT2D eigenvalue weighted by atomic mass is 35.5. The largest absolute Gasteiger partial charge is 0.279 e. The van der Waals surface area contributed by atoms with Crippen LogP contribution in [0, 0.1) is 6.92 Å². The summed E-state index contributed by atoms with van der Waals surface area (Å²) in [5.74, 6) is 0. The second-order valence-electron chi connectivity index (χ2n) is 4.20. The number of hydrogen-bond acceptors (Lipinski definition) is 3. The molecule has 20 heavy (non-hydrogen) atoms. The van der Waals surface area contributed by atoms with Crippen LogP contribution in [0.4, 0.5) is 5.69 Å².